The van der Waals surface area contributed by atoms with Crippen LogP contribution in [0.4, 0.5) is 0 Å². The van der Waals surface area contributed by atoms with Crippen molar-refractivity contribution in [3.8, 4) is 5.75 Å². The number of rotatable bonds is 3. The van der Waals surface area contributed by atoms with Crippen molar-refractivity contribution in [1.29, 1.82) is 0 Å². The predicted molar refractivity (Wildman–Crippen MR) is 69.9 cm³/mol. The lowest BCUT2D eigenvalue weighted by molar-refractivity contribution is 0.397. The molecule has 0 aromatic heterocycles. The summed E-state index contributed by atoms with van der Waals surface area (Å²) in [6.45, 7) is 12.4. The van der Waals surface area contributed by atoms with Gasteiger partial charge in [0.25, 0.3) is 0 Å². The molecule has 0 saturated heterocycles. The predicted octanol–water partition coefficient (Wildman–Crippen LogP) is 4.12. The molecule has 1 nitrogen and oxygen atoms in total. The Hall–Kier alpha value is -1.24. The topological polar surface area (TPSA) is 9.23 Å². The van der Waals surface area contributed by atoms with Gasteiger partial charge in [-0.25, -0.2) is 0 Å². The van der Waals surface area contributed by atoms with E-state index in [1.807, 2.05) is 6.08 Å². The van der Waals surface area contributed by atoms with Crippen LogP contribution in [0.25, 0.3) is 0 Å². The van der Waals surface area contributed by atoms with Crippen LogP contribution >= 0.6 is 0 Å². The molecule has 0 bridgehead atoms. The molecule has 0 aliphatic heterocycles. The van der Waals surface area contributed by atoms with E-state index in [0.717, 1.165) is 5.75 Å². The fourth-order valence-electron chi connectivity index (χ4n) is 1.67. The zero-order valence-corrected chi connectivity index (χ0v) is 10.9. The van der Waals surface area contributed by atoms with Crippen molar-refractivity contribution >= 4 is 0 Å². The average Bonchev–Trinajstić information content (AvgIpc) is 2.25. The summed E-state index contributed by atoms with van der Waals surface area (Å²) in [6, 6.07) is 6.35. The highest BCUT2D eigenvalue weighted by molar-refractivity contribution is 5.47. The molecule has 1 radical (unpaired) electrons. The largest absolute Gasteiger partial charge is 0.496 e. The van der Waals surface area contributed by atoms with Crippen molar-refractivity contribution in [3.63, 3.8) is 0 Å². The maximum absolute atomic E-state index is 5.46. The van der Waals surface area contributed by atoms with Crippen LogP contribution in [-0.2, 0) is 5.41 Å². The molecule has 0 N–H and O–H groups in total. The van der Waals surface area contributed by atoms with E-state index in [4.69, 9.17) is 4.74 Å². The van der Waals surface area contributed by atoms with Gasteiger partial charge in [0.2, 0.25) is 0 Å². The third-order valence-electron chi connectivity index (χ3n) is 2.77. The number of hydrogen-bond donors (Lipinski definition) is 0. The van der Waals surface area contributed by atoms with Gasteiger partial charge in [0.15, 0.2) is 0 Å². The zero-order chi connectivity index (χ0) is 12.3. The molecule has 0 aliphatic rings. The van der Waals surface area contributed by atoms with E-state index in [0.29, 0.717) is 0 Å². The van der Waals surface area contributed by atoms with Gasteiger partial charge in [-0.05, 0) is 22.6 Å². The number of ether oxygens (including phenoxy) is 1. The fourth-order valence-corrected chi connectivity index (χ4v) is 1.67. The molecule has 0 fully saturated rings. The normalized spacial score (nSPS) is 11.6. The Morgan fingerprint density at radius 2 is 1.94 bits per heavy atom. The van der Waals surface area contributed by atoms with E-state index in [1.54, 1.807) is 7.11 Å². The fraction of sp³-hybridized carbons (Fsp3) is 0.400. The minimum Gasteiger partial charge on any atom is -0.496 e. The minimum absolute atomic E-state index is 0.103. The smallest absolute Gasteiger partial charge is 0.122 e. The van der Waals surface area contributed by atoms with Gasteiger partial charge < -0.3 is 4.74 Å². The van der Waals surface area contributed by atoms with E-state index in [9.17, 15) is 0 Å². The molecular formula is C15H21O. The molecular weight excluding hydrogens is 196 g/mol. The Morgan fingerprint density at radius 1 is 1.31 bits per heavy atom. The molecule has 1 heteroatoms. The SMILES string of the molecule is C=C[C](C)c1ccc(C(C)(C)C)c(OC)c1. The first kappa shape index (κ1) is 12.8. The van der Waals surface area contributed by atoms with Crippen LogP contribution in [0, 0.1) is 5.92 Å². The first-order chi connectivity index (χ1) is 7.40. The standard InChI is InChI=1S/C15H21O/c1-7-11(2)12-8-9-13(15(3,4)5)14(10-12)16-6/h7-10H,1H2,2-6H3. The summed E-state index contributed by atoms with van der Waals surface area (Å²) in [5, 5.41) is 0. The Bertz CT molecular complexity index is 372. The quantitative estimate of drug-likeness (QED) is 0.740. The molecule has 0 atom stereocenters. The lowest BCUT2D eigenvalue weighted by atomic mass is 9.85. The van der Waals surface area contributed by atoms with Crippen LogP contribution in [0.1, 0.15) is 38.8 Å². The summed E-state index contributed by atoms with van der Waals surface area (Å²) in [4.78, 5) is 0. The lowest BCUT2D eigenvalue weighted by Gasteiger charge is -2.23. The average molecular weight is 217 g/mol. The van der Waals surface area contributed by atoms with Gasteiger partial charge in [0, 0.05) is 5.92 Å². The Balaban J connectivity index is 3.22. The van der Waals surface area contributed by atoms with Crippen LogP contribution in [-0.4, -0.2) is 7.11 Å². The van der Waals surface area contributed by atoms with Crippen LogP contribution in [0.5, 0.6) is 5.75 Å². The van der Waals surface area contributed by atoms with Gasteiger partial charge in [-0.15, -0.1) is 6.58 Å². The van der Waals surface area contributed by atoms with Crippen LogP contribution in [0.15, 0.2) is 30.9 Å². The number of hydrogen-bond acceptors (Lipinski definition) is 1. The second-order valence-electron chi connectivity index (χ2n) is 5.05. The molecule has 0 spiro atoms. The zero-order valence-electron chi connectivity index (χ0n) is 10.9. The van der Waals surface area contributed by atoms with Gasteiger partial charge in [0.05, 0.1) is 7.11 Å². The maximum Gasteiger partial charge on any atom is 0.122 e. The van der Waals surface area contributed by atoms with Crippen LogP contribution in [0.3, 0.4) is 0 Å². The molecule has 1 aromatic carbocycles. The van der Waals surface area contributed by atoms with Crippen molar-refractivity contribution in [2.75, 3.05) is 7.11 Å². The molecule has 16 heavy (non-hydrogen) atoms. The highest BCUT2D eigenvalue weighted by Crippen LogP contribution is 2.33. The third-order valence-corrected chi connectivity index (χ3v) is 2.77. The van der Waals surface area contributed by atoms with E-state index in [-0.39, 0.29) is 5.41 Å². The van der Waals surface area contributed by atoms with Crippen LogP contribution in [0.2, 0.25) is 0 Å². The maximum atomic E-state index is 5.46. The Kier molecular flexibility index (Phi) is 3.79. The molecule has 1 aromatic rings. The summed E-state index contributed by atoms with van der Waals surface area (Å²) in [6.07, 6.45) is 1.87. The van der Waals surface area contributed by atoms with Crippen molar-refractivity contribution in [2.24, 2.45) is 0 Å². The second-order valence-corrected chi connectivity index (χ2v) is 5.05. The molecule has 0 unspecified atom stereocenters. The molecule has 87 valence electrons. The number of methoxy groups -OCH3 is 1. The summed E-state index contributed by atoms with van der Waals surface area (Å²) in [7, 11) is 1.72. The molecule has 0 amide bonds. The third kappa shape index (κ3) is 2.66. The van der Waals surface area contributed by atoms with Crippen molar-refractivity contribution in [2.45, 2.75) is 33.1 Å². The Morgan fingerprint density at radius 3 is 2.38 bits per heavy atom. The first-order valence-corrected chi connectivity index (χ1v) is 5.55. The minimum atomic E-state index is 0.103. The highest BCUT2D eigenvalue weighted by atomic mass is 16.5. The van der Waals surface area contributed by atoms with E-state index in [2.05, 4.69) is 52.5 Å². The van der Waals surface area contributed by atoms with Crippen molar-refractivity contribution in [3.05, 3.63) is 47.9 Å². The van der Waals surface area contributed by atoms with E-state index in [1.165, 1.54) is 17.0 Å². The van der Waals surface area contributed by atoms with Crippen molar-refractivity contribution < 1.29 is 4.74 Å². The second kappa shape index (κ2) is 4.73. The summed E-state index contributed by atoms with van der Waals surface area (Å²) in [5.41, 5.74) is 2.50. The molecule has 0 heterocycles. The first-order valence-electron chi connectivity index (χ1n) is 5.55. The van der Waals surface area contributed by atoms with E-state index < -0.39 is 0 Å². The van der Waals surface area contributed by atoms with Gasteiger partial charge >= 0.3 is 0 Å². The number of benzene rings is 1. The van der Waals surface area contributed by atoms with Gasteiger partial charge in [0.1, 0.15) is 5.75 Å². The van der Waals surface area contributed by atoms with Gasteiger partial charge in [-0.3, -0.25) is 0 Å². The highest BCUT2D eigenvalue weighted by Gasteiger charge is 2.19. The van der Waals surface area contributed by atoms with Crippen molar-refractivity contribution in [1.82, 2.24) is 0 Å². The van der Waals surface area contributed by atoms with Gasteiger partial charge in [-0.1, -0.05) is 45.9 Å². The number of allylic oxidation sites excluding steroid dienone is 1. The molecule has 1 rings (SSSR count). The van der Waals surface area contributed by atoms with E-state index >= 15 is 0 Å². The lowest BCUT2D eigenvalue weighted by Crippen LogP contribution is -2.13. The monoisotopic (exact) mass is 217 g/mol. The summed E-state index contributed by atoms with van der Waals surface area (Å²) >= 11 is 0. The van der Waals surface area contributed by atoms with Gasteiger partial charge in [-0.2, -0.15) is 0 Å². The molecule has 0 saturated carbocycles. The summed E-state index contributed by atoms with van der Waals surface area (Å²) in [5.74, 6) is 2.12. The molecule has 0 aliphatic carbocycles. The van der Waals surface area contributed by atoms with Crippen LogP contribution < -0.4 is 4.74 Å². The Labute approximate surface area is 99.1 Å². The summed E-state index contributed by atoms with van der Waals surface area (Å²) < 4.78 is 5.46.